The predicted molar refractivity (Wildman–Crippen MR) is 81.4 cm³/mol. The maximum Gasteiger partial charge on any atom is 0.255 e. The molecular formula is C15H14ClFN2O2. The summed E-state index contributed by atoms with van der Waals surface area (Å²) in [4.78, 5) is 12.2. The van der Waals surface area contributed by atoms with Gasteiger partial charge in [-0.1, -0.05) is 17.7 Å². The lowest BCUT2D eigenvalue weighted by molar-refractivity contribution is 0.102. The third kappa shape index (κ3) is 3.64. The van der Waals surface area contributed by atoms with Crippen molar-refractivity contribution in [2.24, 2.45) is 0 Å². The molecule has 1 amide bonds. The Hall–Kier alpha value is -2.27. The molecular weight excluding hydrogens is 295 g/mol. The highest BCUT2D eigenvalue weighted by atomic mass is 35.5. The lowest BCUT2D eigenvalue weighted by atomic mass is 10.1. The molecule has 0 aliphatic carbocycles. The van der Waals surface area contributed by atoms with Crippen LogP contribution in [-0.2, 0) is 0 Å². The van der Waals surface area contributed by atoms with Crippen LogP contribution in [0.2, 0.25) is 5.02 Å². The van der Waals surface area contributed by atoms with Crippen molar-refractivity contribution in [2.45, 2.75) is 6.92 Å². The van der Waals surface area contributed by atoms with E-state index in [9.17, 15) is 9.18 Å². The Labute approximate surface area is 126 Å². The fourth-order valence-corrected chi connectivity index (χ4v) is 1.97. The molecule has 0 unspecified atom stereocenters. The first kappa shape index (κ1) is 15.1. The summed E-state index contributed by atoms with van der Waals surface area (Å²) in [5, 5.41) is 2.39. The normalized spacial score (nSPS) is 10.2. The van der Waals surface area contributed by atoms with Gasteiger partial charge in [-0.2, -0.15) is 0 Å². The van der Waals surface area contributed by atoms with Gasteiger partial charge in [-0.3, -0.25) is 4.79 Å². The fraction of sp³-hybridized carbons (Fsp3) is 0.133. The number of hydrogen-bond acceptors (Lipinski definition) is 3. The van der Waals surface area contributed by atoms with Crippen LogP contribution in [0.3, 0.4) is 0 Å². The molecule has 0 saturated carbocycles. The number of benzene rings is 2. The average molecular weight is 309 g/mol. The van der Waals surface area contributed by atoms with Crippen LogP contribution in [0.4, 0.5) is 15.8 Å². The maximum atomic E-state index is 13.8. The number of carbonyl (C=O) groups excluding carboxylic acids is 1. The summed E-state index contributed by atoms with van der Waals surface area (Å²) >= 11 is 5.67. The fourth-order valence-electron chi connectivity index (χ4n) is 1.80. The van der Waals surface area contributed by atoms with Gasteiger partial charge in [0.2, 0.25) is 0 Å². The summed E-state index contributed by atoms with van der Waals surface area (Å²) in [5.41, 5.74) is 6.39. The second kappa shape index (κ2) is 6.45. The van der Waals surface area contributed by atoms with Gasteiger partial charge in [0, 0.05) is 17.3 Å². The smallest absolute Gasteiger partial charge is 0.255 e. The molecule has 110 valence electrons. The molecule has 0 aliphatic heterocycles. The van der Waals surface area contributed by atoms with Crippen molar-refractivity contribution < 1.29 is 13.9 Å². The standard InChI is InChI=1S/C15H14ClFN2O2/c1-2-21-11-7-9(6-10(18)8-11)15(20)19-13-5-3-4-12(16)14(13)17/h3-8H,2,18H2,1H3,(H,19,20). The molecule has 0 bridgehead atoms. The van der Waals surface area contributed by atoms with E-state index in [1.807, 2.05) is 6.92 Å². The molecule has 0 fully saturated rings. The Morgan fingerprint density at radius 2 is 2.14 bits per heavy atom. The van der Waals surface area contributed by atoms with Gasteiger partial charge in [-0.05, 0) is 31.2 Å². The second-order valence-corrected chi connectivity index (χ2v) is 4.69. The van der Waals surface area contributed by atoms with Crippen LogP contribution < -0.4 is 15.8 Å². The first-order valence-corrected chi connectivity index (χ1v) is 6.67. The van der Waals surface area contributed by atoms with Crippen LogP contribution in [0.1, 0.15) is 17.3 Å². The number of ether oxygens (including phenoxy) is 1. The molecule has 0 aliphatic rings. The van der Waals surface area contributed by atoms with Gasteiger partial charge in [-0.25, -0.2) is 4.39 Å². The number of nitrogen functional groups attached to an aromatic ring is 1. The first-order valence-electron chi connectivity index (χ1n) is 6.30. The van der Waals surface area contributed by atoms with Crippen LogP contribution in [0, 0.1) is 5.82 Å². The summed E-state index contributed by atoms with van der Waals surface area (Å²) in [6, 6.07) is 9.01. The molecule has 3 N–H and O–H groups in total. The van der Waals surface area contributed by atoms with E-state index in [2.05, 4.69) is 5.32 Å². The zero-order valence-corrected chi connectivity index (χ0v) is 12.1. The number of nitrogens with two attached hydrogens (primary N) is 1. The summed E-state index contributed by atoms with van der Waals surface area (Å²) in [7, 11) is 0. The highest BCUT2D eigenvalue weighted by molar-refractivity contribution is 6.31. The molecule has 0 aromatic heterocycles. The van der Waals surface area contributed by atoms with Crippen LogP contribution in [0.25, 0.3) is 0 Å². The van der Waals surface area contributed by atoms with Crippen LogP contribution in [0.5, 0.6) is 5.75 Å². The van der Waals surface area contributed by atoms with Crippen molar-refractivity contribution in [2.75, 3.05) is 17.7 Å². The Bertz CT molecular complexity index is 677. The Morgan fingerprint density at radius 1 is 1.38 bits per heavy atom. The number of amides is 1. The number of carbonyl (C=O) groups is 1. The van der Waals surface area contributed by atoms with Gasteiger partial charge in [0.1, 0.15) is 5.75 Å². The van der Waals surface area contributed by atoms with Gasteiger partial charge in [0.25, 0.3) is 5.91 Å². The minimum Gasteiger partial charge on any atom is -0.494 e. The largest absolute Gasteiger partial charge is 0.494 e. The predicted octanol–water partition coefficient (Wildman–Crippen LogP) is 3.71. The zero-order chi connectivity index (χ0) is 15.4. The molecule has 0 atom stereocenters. The number of anilines is 2. The molecule has 0 radical (unpaired) electrons. The number of rotatable bonds is 4. The van der Waals surface area contributed by atoms with Crippen molar-refractivity contribution >= 4 is 28.9 Å². The first-order chi connectivity index (χ1) is 10.0. The van der Waals surface area contributed by atoms with Gasteiger partial charge >= 0.3 is 0 Å². The van der Waals surface area contributed by atoms with Crippen molar-refractivity contribution in [3.8, 4) is 5.75 Å². The molecule has 2 aromatic carbocycles. The highest BCUT2D eigenvalue weighted by Gasteiger charge is 2.13. The minimum absolute atomic E-state index is 0.00730. The lowest BCUT2D eigenvalue weighted by Gasteiger charge is -2.10. The van der Waals surface area contributed by atoms with Gasteiger partial charge in [0.15, 0.2) is 5.82 Å². The summed E-state index contributed by atoms with van der Waals surface area (Å²) < 4.78 is 19.1. The summed E-state index contributed by atoms with van der Waals surface area (Å²) in [5.74, 6) is -0.694. The minimum atomic E-state index is -0.679. The van der Waals surface area contributed by atoms with E-state index in [1.54, 1.807) is 12.1 Å². The number of hydrogen-bond donors (Lipinski definition) is 2. The van der Waals surface area contributed by atoms with E-state index < -0.39 is 11.7 Å². The third-order valence-electron chi connectivity index (χ3n) is 2.70. The monoisotopic (exact) mass is 308 g/mol. The van der Waals surface area contributed by atoms with Crippen molar-refractivity contribution in [1.82, 2.24) is 0 Å². The van der Waals surface area contributed by atoms with E-state index in [1.165, 1.54) is 24.3 Å². The van der Waals surface area contributed by atoms with Gasteiger partial charge in [0.05, 0.1) is 17.3 Å². The Balaban J connectivity index is 2.26. The van der Waals surface area contributed by atoms with Crippen molar-refractivity contribution in [1.29, 1.82) is 0 Å². The van der Waals surface area contributed by atoms with Gasteiger partial charge < -0.3 is 15.8 Å². The zero-order valence-electron chi connectivity index (χ0n) is 11.3. The Morgan fingerprint density at radius 3 is 2.86 bits per heavy atom. The Kier molecular flexibility index (Phi) is 4.65. The van der Waals surface area contributed by atoms with E-state index in [-0.39, 0.29) is 16.3 Å². The third-order valence-corrected chi connectivity index (χ3v) is 2.99. The molecule has 0 spiro atoms. The average Bonchev–Trinajstić information content (AvgIpc) is 2.43. The lowest BCUT2D eigenvalue weighted by Crippen LogP contribution is -2.13. The quantitative estimate of drug-likeness (QED) is 0.846. The van der Waals surface area contributed by atoms with Gasteiger partial charge in [-0.15, -0.1) is 0 Å². The number of halogens is 2. The van der Waals surface area contributed by atoms with Crippen LogP contribution >= 0.6 is 11.6 Å². The van der Waals surface area contributed by atoms with E-state index >= 15 is 0 Å². The van der Waals surface area contributed by atoms with Crippen LogP contribution in [-0.4, -0.2) is 12.5 Å². The molecule has 0 saturated heterocycles. The van der Waals surface area contributed by atoms with E-state index in [4.69, 9.17) is 22.1 Å². The van der Waals surface area contributed by atoms with E-state index in [0.29, 0.717) is 18.0 Å². The highest BCUT2D eigenvalue weighted by Crippen LogP contribution is 2.24. The molecule has 0 heterocycles. The van der Waals surface area contributed by atoms with E-state index in [0.717, 1.165) is 0 Å². The molecule has 4 nitrogen and oxygen atoms in total. The van der Waals surface area contributed by atoms with Crippen molar-refractivity contribution in [3.63, 3.8) is 0 Å². The summed E-state index contributed by atoms with van der Waals surface area (Å²) in [6.45, 7) is 2.28. The summed E-state index contributed by atoms with van der Waals surface area (Å²) in [6.07, 6.45) is 0. The van der Waals surface area contributed by atoms with Crippen molar-refractivity contribution in [3.05, 3.63) is 52.8 Å². The molecule has 2 aromatic rings. The molecule has 21 heavy (non-hydrogen) atoms. The molecule has 6 heteroatoms. The number of nitrogens with one attached hydrogen (secondary N) is 1. The topological polar surface area (TPSA) is 64.3 Å². The molecule has 2 rings (SSSR count). The van der Waals surface area contributed by atoms with Crippen LogP contribution in [0.15, 0.2) is 36.4 Å². The second-order valence-electron chi connectivity index (χ2n) is 4.28. The maximum absolute atomic E-state index is 13.8. The SMILES string of the molecule is CCOc1cc(N)cc(C(=O)Nc2cccc(Cl)c2F)c1.